The Morgan fingerprint density at radius 3 is 2.62 bits per heavy atom. The SMILES string of the molecule is COC1(CC(=O)NCCCCCI)CCC1. The van der Waals surface area contributed by atoms with E-state index in [0.29, 0.717) is 6.42 Å². The highest BCUT2D eigenvalue weighted by Crippen LogP contribution is 2.37. The average Bonchev–Trinajstić information content (AvgIpc) is 2.23. The van der Waals surface area contributed by atoms with Gasteiger partial charge >= 0.3 is 0 Å². The molecule has 0 aliphatic heterocycles. The van der Waals surface area contributed by atoms with Crippen LogP contribution in [0.5, 0.6) is 0 Å². The largest absolute Gasteiger partial charge is 0.378 e. The smallest absolute Gasteiger partial charge is 0.222 e. The first-order chi connectivity index (χ1) is 7.72. The third kappa shape index (κ3) is 4.57. The fourth-order valence-electron chi connectivity index (χ4n) is 2.00. The number of alkyl halides is 1. The van der Waals surface area contributed by atoms with E-state index in [9.17, 15) is 4.79 Å². The van der Waals surface area contributed by atoms with Gasteiger partial charge in [-0.2, -0.15) is 0 Å². The fourth-order valence-corrected chi connectivity index (χ4v) is 2.54. The van der Waals surface area contributed by atoms with Crippen molar-refractivity contribution in [1.29, 1.82) is 0 Å². The second kappa shape index (κ2) is 7.48. The molecule has 0 radical (unpaired) electrons. The first-order valence-corrected chi connectivity index (χ1v) is 7.63. The predicted molar refractivity (Wildman–Crippen MR) is 74.0 cm³/mol. The first-order valence-electron chi connectivity index (χ1n) is 6.10. The van der Waals surface area contributed by atoms with E-state index in [1.807, 2.05) is 0 Å². The highest BCUT2D eigenvalue weighted by atomic mass is 127. The first kappa shape index (κ1) is 14.2. The molecule has 1 rings (SSSR count). The number of halogens is 1. The van der Waals surface area contributed by atoms with E-state index in [2.05, 4.69) is 27.9 Å². The summed E-state index contributed by atoms with van der Waals surface area (Å²) in [5.74, 6) is 0.149. The molecule has 1 aliphatic rings. The van der Waals surface area contributed by atoms with Crippen molar-refractivity contribution < 1.29 is 9.53 Å². The molecule has 16 heavy (non-hydrogen) atoms. The van der Waals surface area contributed by atoms with Crippen LogP contribution in [0.1, 0.15) is 44.9 Å². The average molecular weight is 339 g/mol. The van der Waals surface area contributed by atoms with E-state index in [1.54, 1.807) is 7.11 Å². The monoisotopic (exact) mass is 339 g/mol. The third-order valence-electron chi connectivity index (χ3n) is 3.31. The Morgan fingerprint density at radius 2 is 2.12 bits per heavy atom. The lowest BCUT2D eigenvalue weighted by atomic mass is 9.77. The topological polar surface area (TPSA) is 38.3 Å². The van der Waals surface area contributed by atoms with Crippen molar-refractivity contribution in [2.45, 2.75) is 50.5 Å². The van der Waals surface area contributed by atoms with Gasteiger partial charge in [0.1, 0.15) is 0 Å². The number of nitrogens with one attached hydrogen (secondary N) is 1. The van der Waals surface area contributed by atoms with Crippen LogP contribution in [0.4, 0.5) is 0 Å². The zero-order valence-electron chi connectivity index (χ0n) is 10.1. The van der Waals surface area contributed by atoms with E-state index in [-0.39, 0.29) is 11.5 Å². The Kier molecular flexibility index (Phi) is 6.65. The normalized spacial score (nSPS) is 17.9. The lowest BCUT2D eigenvalue weighted by Crippen LogP contribution is -2.44. The standard InChI is InChI=1S/C12H22INO2/c1-16-12(6-5-7-12)10-11(15)14-9-4-2-3-8-13/h2-10H2,1H3,(H,14,15). The van der Waals surface area contributed by atoms with Gasteiger partial charge in [0.05, 0.1) is 12.0 Å². The van der Waals surface area contributed by atoms with Crippen molar-refractivity contribution in [3.63, 3.8) is 0 Å². The summed E-state index contributed by atoms with van der Waals surface area (Å²) >= 11 is 2.38. The predicted octanol–water partition coefficient (Wildman–Crippen LogP) is 2.67. The molecule has 0 atom stereocenters. The summed E-state index contributed by atoms with van der Waals surface area (Å²) < 4.78 is 6.63. The summed E-state index contributed by atoms with van der Waals surface area (Å²) in [5, 5.41) is 2.98. The quantitative estimate of drug-likeness (QED) is 0.419. The molecule has 1 N–H and O–H groups in total. The van der Waals surface area contributed by atoms with Crippen LogP contribution >= 0.6 is 22.6 Å². The van der Waals surface area contributed by atoms with Crippen LogP contribution in [0.25, 0.3) is 0 Å². The van der Waals surface area contributed by atoms with E-state index in [0.717, 1.165) is 25.8 Å². The summed E-state index contributed by atoms with van der Waals surface area (Å²) in [5.41, 5.74) is -0.133. The molecule has 0 spiro atoms. The van der Waals surface area contributed by atoms with Gasteiger partial charge in [-0.1, -0.05) is 29.0 Å². The zero-order valence-corrected chi connectivity index (χ0v) is 12.2. The molecular weight excluding hydrogens is 317 g/mol. The Bertz CT molecular complexity index is 212. The van der Waals surface area contributed by atoms with Crippen LogP contribution in [0.15, 0.2) is 0 Å². The number of hydrogen-bond donors (Lipinski definition) is 1. The maximum atomic E-state index is 11.7. The van der Waals surface area contributed by atoms with Crippen LogP contribution in [-0.2, 0) is 9.53 Å². The van der Waals surface area contributed by atoms with Gasteiger partial charge in [0.25, 0.3) is 0 Å². The van der Waals surface area contributed by atoms with E-state index < -0.39 is 0 Å². The molecule has 0 bridgehead atoms. The highest BCUT2D eigenvalue weighted by molar-refractivity contribution is 14.1. The number of hydrogen-bond acceptors (Lipinski definition) is 2. The molecule has 0 aromatic rings. The Hall–Kier alpha value is 0.160. The van der Waals surface area contributed by atoms with Gasteiger partial charge in [-0.15, -0.1) is 0 Å². The molecule has 1 aliphatic carbocycles. The van der Waals surface area contributed by atoms with Crippen LogP contribution in [0, 0.1) is 0 Å². The summed E-state index contributed by atoms with van der Waals surface area (Å²) in [4.78, 5) is 11.7. The number of unbranched alkanes of at least 4 members (excludes halogenated alkanes) is 2. The summed E-state index contributed by atoms with van der Waals surface area (Å²) in [6.07, 6.45) is 7.34. The minimum atomic E-state index is -0.133. The molecule has 0 unspecified atom stereocenters. The second-order valence-electron chi connectivity index (χ2n) is 4.52. The molecule has 0 aromatic heterocycles. The maximum absolute atomic E-state index is 11.7. The highest BCUT2D eigenvalue weighted by Gasteiger charge is 2.38. The van der Waals surface area contributed by atoms with Gasteiger partial charge in [-0.25, -0.2) is 0 Å². The van der Waals surface area contributed by atoms with Gasteiger partial charge in [0.15, 0.2) is 0 Å². The molecular formula is C12H22INO2. The zero-order chi connectivity index (χ0) is 11.9. The Morgan fingerprint density at radius 1 is 1.38 bits per heavy atom. The molecule has 1 saturated carbocycles. The van der Waals surface area contributed by atoms with Gasteiger partial charge in [0.2, 0.25) is 5.91 Å². The molecule has 1 amide bonds. The summed E-state index contributed by atoms with van der Waals surface area (Å²) in [6, 6.07) is 0. The summed E-state index contributed by atoms with van der Waals surface area (Å²) in [7, 11) is 1.72. The van der Waals surface area contributed by atoms with Crippen LogP contribution in [0.3, 0.4) is 0 Å². The van der Waals surface area contributed by atoms with Crippen molar-refractivity contribution in [3.8, 4) is 0 Å². The maximum Gasteiger partial charge on any atom is 0.222 e. The van der Waals surface area contributed by atoms with E-state index >= 15 is 0 Å². The lowest BCUT2D eigenvalue weighted by molar-refractivity contribution is -0.134. The minimum Gasteiger partial charge on any atom is -0.378 e. The second-order valence-corrected chi connectivity index (χ2v) is 5.60. The van der Waals surface area contributed by atoms with Crippen molar-refractivity contribution in [2.24, 2.45) is 0 Å². The number of ether oxygens (including phenoxy) is 1. The lowest BCUT2D eigenvalue weighted by Gasteiger charge is -2.39. The summed E-state index contributed by atoms with van der Waals surface area (Å²) in [6.45, 7) is 0.815. The molecule has 0 saturated heterocycles. The van der Waals surface area contributed by atoms with Crippen LogP contribution in [-0.4, -0.2) is 29.6 Å². The van der Waals surface area contributed by atoms with E-state index in [1.165, 1.54) is 23.7 Å². The Balaban J connectivity index is 2.06. The van der Waals surface area contributed by atoms with E-state index in [4.69, 9.17) is 4.74 Å². The van der Waals surface area contributed by atoms with Crippen molar-refractivity contribution in [3.05, 3.63) is 0 Å². The molecule has 1 fully saturated rings. The minimum absolute atomic E-state index is 0.133. The number of carbonyl (C=O) groups is 1. The Labute approximate surface area is 112 Å². The number of methoxy groups -OCH3 is 1. The molecule has 3 nitrogen and oxygen atoms in total. The van der Waals surface area contributed by atoms with Crippen LogP contribution < -0.4 is 5.32 Å². The molecule has 4 heteroatoms. The van der Waals surface area contributed by atoms with Crippen molar-refractivity contribution in [1.82, 2.24) is 5.32 Å². The molecule has 0 heterocycles. The van der Waals surface area contributed by atoms with Crippen molar-refractivity contribution >= 4 is 28.5 Å². The number of carbonyl (C=O) groups excluding carboxylic acids is 1. The number of rotatable bonds is 8. The third-order valence-corrected chi connectivity index (χ3v) is 4.08. The van der Waals surface area contributed by atoms with Gasteiger partial charge in [-0.3, -0.25) is 4.79 Å². The van der Waals surface area contributed by atoms with Crippen molar-refractivity contribution in [2.75, 3.05) is 18.1 Å². The van der Waals surface area contributed by atoms with Gasteiger partial charge in [0, 0.05) is 13.7 Å². The van der Waals surface area contributed by atoms with Gasteiger partial charge in [-0.05, 0) is 36.5 Å². The molecule has 0 aromatic carbocycles. The number of amides is 1. The fraction of sp³-hybridized carbons (Fsp3) is 0.917. The van der Waals surface area contributed by atoms with Crippen LogP contribution in [0.2, 0.25) is 0 Å². The van der Waals surface area contributed by atoms with Gasteiger partial charge < -0.3 is 10.1 Å². The molecule has 94 valence electrons.